The minimum Gasteiger partial charge on any atom is -0.388 e. The van der Waals surface area contributed by atoms with Crippen LogP contribution in [0.15, 0.2) is 54.1 Å². The first-order valence-electron chi connectivity index (χ1n) is 12.5. The molecule has 5 atom stereocenters. The Morgan fingerprint density at radius 3 is 2.42 bits per heavy atom. The molecule has 1 aromatic heterocycles. The lowest BCUT2D eigenvalue weighted by Crippen LogP contribution is -2.59. The first kappa shape index (κ1) is 27.4. The van der Waals surface area contributed by atoms with Crippen molar-refractivity contribution in [2.45, 2.75) is 44.4 Å². The van der Waals surface area contributed by atoms with Crippen LogP contribution in [0.2, 0.25) is 0 Å². The van der Waals surface area contributed by atoms with Crippen LogP contribution in [0.4, 0.5) is 5.69 Å². The van der Waals surface area contributed by atoms with Gasteiger partial charge in [-0.05, 0) is 66.1 Å². The second kappa shape index (κ2) is 11.0. The van der Waals surface area contributed by atoms with Gasteiger partial charge in [0, 0.05) is 44.8 Å². The zero-order valence-corrected chi connectivity index (χ0v) is 22.2. The molecule has 0 bridgehead atoms. The standard InChI is InChI=1S/C29H34N4O5/c1-16(22(14-30)29(37)31-15-25-27(35)28(36)26(34)17(2)38-25)23-10-11-24(33(23)5)20-7-6-19-13-21(32(3)4)9-8-18(19)12-20/h6-13,17,25-28,34-36H,15H2,1-5H3,(H,31,37)/b22-16+/t17?,25-,26+,27-,28-/m1/s1. The van der Waals surface area contributed by atoms with Crippen molar-refractivity contribution in [3.05, 3.63) is 59.8 Å². The molecule has 38 heavy (non-hydrogen) atoms. The van der Waals surface area contributed by atoms with Gasteiger partial charge >= 0.3 is 0 Å². The van der Waals surface area contributed by atoms with E-state index in [-0.39, 0.29) is 12.1 Å². The summed E-state index contributed by atoms with van der Waals surface area (Å²) in [4.78, 5) is 15.0. The maximum atomic E-state index is 12.9. The van der Waals surface area contributed by atoms with Crippen LogP contribution in [0.1, 0.15) is 19.5 Å². The summed E-state index contributed by atoms with van der Waals surface area (Å²) in [6.07, 6.45) is -5.62. The molecular formula is C29H34N4O5. The second-order valence-corrected chi connectivity index (χ2v) is 9.98. The number of nitriles is 1. The number of hydrogen-bond acceptors (Lipinski definition) is 7. The van der Waals surface area contributed by atoms with Crippen LogP contribution in [0.3, 0.4) is 0 Å². The quantitative estimate of drug-likeness (QED) is 0.291. The summed E-state index contributed by atoms with van der Waals surface area (Å²) in [5, 5.41) is 44.7. The smallest absolute Gasteiger partial charge is 0.262 e. The maximum absolute atomic E-state index is 12.9. The highest BCUT2D eigenvalue weighted by atomic mass is 16.5. The number of carbonyl (C=O) groups is 1. The molecule has 200 valence electrons. The lowest BCUT2D eigenvalue weighted by molar-refractivity contribution is -0.215. The normalized spacial score (nSPS) is 24.0. The van der Waals surface area contributed by atoms with Gasteiger partial charge in [0.25, 0.3) is 5.91 Å². The number of hydrogen-bond donors (Lipinski definition) is 4. The molecule has 2 heterocycles. The predicted molar refractivity (Wildman–Crippen MR) is 146 cm³/mol. The molecule has 9 nitrogen and oxygen atoms in total. The Morgan fingerprint density at radius 1 is 1.05 bits per heavy atom. The average molecular weight is 519 g/mol. The summed E-state index contributed by atoms with van der Waals surface area (Å²) < 4.78 is 7.48. The van der Waals surface area contributed by atoms with Gasteiger partial charge in [0.2, 0.25) is 0 Å². The van der Waals surface area contributed by atoms with Gasteiger partial charge in [-0.15, -0.1) is 0 Å². The molecule has 0 radical (unpaired) electrons. The van der Waals surface area contributed by atoms with Gasteiger partial charge in [0.05, 0.1) is 6.10 Å². The van der Waals surface area contributed by atoms with Crippen LogP contribution in [-0.2, 0) is 16.6 Å². The molecule has 0 spiro atoms. The van der Waals surface area contributed by atoms with E-state index in [1.807, 2.05) is 43.9 Å². The number of benzene rings is 2. The number of amides is 1. The molecule has 0 aliphatic carbocycles. The number of nitrogens with one attached hydrogen (secondary N) is 1. The van der Waals surface area contributed by atoms with Crippen LogP contribution in [0.5, 0.6) is 0 Å². The number of nitrogens with zero attached hydrogens (tertiary/aromatic N) is 3. The molecule has 4 N–H and O–H groups in total. The minimum atomic E-state index is -1.39. The number of anilines is 1. The van der Waals surface area contributed by atoms with E-state index in [1.165, 1.54) is 0 Å². The Kier molecular flexibility index (Phi) is 7.90. The summed E-state index contributed by atoms with van der Waals surface area (Å²) in [6.45, 7) is 3.16. The number of carbonyl (C=O) groups excluding carboxylic acids is 1. The Balaban J connectivity index is 1.55. The van der Waals surface area contributed by atoms with Crippen LogP contribution in [-0.4, -0.2) is 77.0 Å². The van der Waals surface area contributed by atoms with E-state index >= 15 is 0 Å². The molecular weight excluding hydrogens is 484 g/mol. The SMILES string of the molecule is C/C(=C(/C#N)C(=O)NC[C@H]1OC(C)[C@H](O)[C@@H](O)[C@@H]1O)c1ccc(-c2ccc3cc(N(C)C)ccc3c2)n1C. The molecule has 1 amide bonds. The van der Waals surface area contributed by atoms with Crippen LogP contribution >= 0.6 is 0 Å². The second-order valence-electron chi connectivity index (χ2n) is 9.98. The first-order chi connectivity index (χ1) is 18.0. The lowest BCUT2D eigenvalue weighted by Gasteiger charge is -2.39. The molecule has 1 unspecified atom stereocenters. The van der Waals surface area contributed by atoms with Gasteiger partial charge in [-0.2, -0.15) is 5.26 Å². The van der Waals surface area contributed by atoms with Gasteiger partial charge < -0.3 is 34.8 Å². The largest absolute Gasteiger partial charge is 0.388 e. The molecule has 4 rings (SSSR count). The van der Waals surface area contributed by atoms with E-state index < -0.39 is 36.4 Å². The third kappa shape index (κ3) is 5.17. The Bertz CT molecular complexity index is 1420. The summed E-state index contributed by atoms with van der Waals surface area (Å²) in [5.74, 6) is -0.612. The van der Waals surface area contributed by atoms with Gasteiger partial charge in [-0.3, -0.25) is 4.79 Å². The lowest BCUT2D eigenvalue weighted by atomic mass is 9.95. The van der Waals surface area contributed by atoms with Gasteiger partial charge in [-0.25, -0.2) is 0 Å². The molecule has 2 aromatic carbocycles. The van der Waals surface area contributed by atoms with E-state index in [0.717, 1.165) is 33.4 Å². The molecule has 9 heteroatoms. The average Bonchev–Trinajstić information content (AvgIpc) is 3.29. The summed E-state index contributed by atoms with van der Waals surface area (Å²) in [6, 6.07) is 18.4. The zero-order valence-electron chi connectivity index (χ0n) is 22.2. The van der Waals surface area contributed by atoms with Crippen molar-refractivity contribution in [3.63, 3.8) is 0 Å². The highest BCUT2D eigenvalue weighted by molar-refractivity contribution is 6.04. The fourth-order valence-corrected chi connectivity index (χ4v) is 4.87. The molecule has 1 saturated heterocycles. The molecule has 1 aliphatic rings. The van der Waals surface area contributed by atoms with Gasteiger partial charge in [0.15, 0.2) is 0 Å². The summed E-state index contributed by atoms with van der Waals surface area (Å²) in [5.41, 5.74) is 4.24. The van der Waals surface area contributed by atoms with Crippen LogP contribution in [0.25, 0.3) is 27.6 Å². The highest BCUT2D eigenvalue weighted by Crippen LogP contribution is 2.30. The summed E-state index contributed by atoms with van der Waals surface area (Å²) in [7, 11) is 5.91. The fourth-order valence-electron chi connectivity index (χ4n) is 4.87. The zero-order chi connectivity index (χ0) is 27.7. The van der Waals surface area contributed by atoms with Crippen molar-refractivity contribution < 1.29 is 24.9 Å². The fraction of sp³-hybridized carbons (Fsp3) is 0.379. The van der Waals surface area contributed by atoms with E-state index in [0.29, 0.717) is 5.57 Å². The topological polar surface area (TPSA) is 131 Å². The van der Waals surface area contributed by atoms with E-state index in [9.17, 15) is 25.4 Å². The Labute approximate surface area is 222 Å². The number of allylic oxidation sites excluding steroid dienone is 1. The van der Waals surface area contributed by atoms with E-state index in [4.69, 9.17) is 4.74 Å². The highest BCUT2D eigenvalue weighted by Gasteiger charge is 2.41. The maximum Gasteiger partial charge on any atom is 0.262 e. The minimum absolute atomic E-state index is 0.0635. The molecule has 0 saturated carbocycles. The van der Waals surface area contributed by atoms with Crippen molar-refractivity contribution in [1.29, 1.82) is 5.26 Å². The van der Waals surface area contributed by atoms with Crippen LogP contribution in [0, 0.1) is 11.3 Å². The van der Waals surface area contributed by atoms with E-state index in [2.05, 4.69) is 46.6 Å². The van der Waals surface area contributed by atoms with Crippen molar-refractivity contribution in [3.8, 4) is 17.3 Å². The monoisotopic (exact) mass is 518 g/mol. The number of ether oxygens (including phenoxy) is 1. The Morgan fingerprint density at radius 2 is 1.74 bits per heavy atom. The number of aromatic nitrogens is 1. The predicted octanol–water partition coefficient (Wildman–Crippen LogP) is 2.19. The third-order valence-electron chi connectivity index (χ3n) is 7.27. The van der Waals surface area contributed by atoms with Gasteiger partial charge in [0.1, 0.15) is 36.1 Å². The van der Waals surface area contributed by atoms with E-state index in [1.54, 1.807) is 13.8 Å². The number of fused-ring (bicyclic) bond motifs is 1. The first-order valence-corrected chi connectivity index (χ1v) is 12.5. The van der Waals surface area contributed by atoms with Crippen molar-refractivity contribution in [2.75, 3.05) is 25.5 Å². The van der Waals surface area contributed by atoms with Crippen molar-refractivity contribution in [1.82, 2.24) is 9.88 Å². The molecule has 3 aromatic rings. The van der Waals surface area contributed by atoms with Gasteiger partial charge in [-0.1, -0.05) is 18.2 Å². The summed E-state index contributed by atoms with van der Waals surface area (Å²) >= 11 is 0. The van der Waals surface area contributed by atoms with Crippen molar-refractivity contribution in [2.24, 2.45) is 7.05 Å². The molecule has 1 fully saturated rings. The van der Waals surface area contributed by atoms with Crippen molar-refractivity contribution >= 4 is 27.9 Å². The third-order valence-corrected chi connectivity index (χ3v) is 7.27. The number of aliphatic hydroxyl groups is 3. The molecule has 1 aliphatic heterocycles. The number of rotatable bonds is 6. The Hall–Kier alpha value is -3.68. The number of aliphatic hydroxyl groups excluding tert-OH is 3. The van der Waals surface area contributed by atoms with Crippen LogP contribution < -0.4 is 10.2 Å².